The second-order valence-corrected chi connectivity index (χ2v) is 18.4. The largest absolute Gasteiger partial charge is 0.470 e. The highest BCUT2D eigenvalue weighted by Gasteiger charge is 2.55. The van der Waals surface area contributed by atoms with Gasteiger partial charge in [0.1, 0.15) is 97.7 Å². The van der Waals surface area contributed by atoms with Crippen molar-refractivity contribution in [3.63, 3.8) is 0 Å². The van der Waals surface area contributed by atoms with Crippen LogP contribution >= 0.6 is 0 Å². The third-order valence-corrected chi connectivity index (χ3v) is 12.9. The Kier molecular flexibility index (Phi) is 21.5. The lowest BCUT2D eigenvalue weighted by Gasteiger charge is -2.48. The molecule has 14 N–H and O–H groups in total. The molecule has 5 saturated heterocycles. The smallest absolute Gasteiger partial charge is 0.228 e. The van der Waals surface area contributed by atoms with Gasteiger partial charge >= 0.3 is 0 Å². The van der Waals surface area contributed by atoms with Crippen molar-refractivity contribution in [2.24, 2.45) is 0 Å². The molecule has 5 fully saturated rings. The normalized spacial score (nSPS) is 46.7. The summed E-state index contributed by atoms with van der Waals surface area (Å²) in [6.45, 7) is 8.48. The van der Waals surface area contributed by atoms with Gasteiger partial charge in [-0.2, -0.15) is 0 Å². The highest BCUT2D eigenvalue weighted by Crippen LogP contribution is 2.35. The fraction of sp³-hybridized carbons (Fsp3) is 0.864. The second-order valence-electron chi connectivity index (χ2n) is 18.4. The van der Waals surface area contributed by atoms with E-state index >= 15 is 0 Å². The fourth-order valence-corrected chi connectivity index (χ4v) is 8.34. The Morgan fingerprint density at radius 2 is 0.824 bits per heavy atom. The van der Waals surface area contributed by atoms with Gasteiger partial charge in [0, 0.05) is 0 Å². The van der Waals surface area contributed by atoms with Gasteiger partial charge in [0.25, 0.3) is 0 Å². The van der Waals surface area contributed by atoms with E-state index in [2.05, 4.69) is 0 Å². The maximum atomic E-state index is 11.3. The third-order valence-electron chi connectivity index (χ3n) is 12.9. The van der Waals surface area contributed by atoms with Gasteiger partial charge < -0.3 is 119 Å². The Morgan fingerprint density at radius 3 is 1.31 bits per heavy atom. The summed E-state index contributed by atoms with van der Waals surface area (Å²) in [6, 6.07) is 0. The first-order valence-corrected chi connectivity index (χ1v) is 23.0. The number of ether oxygens (including phenoxy) is 10. The van der Waals surface area contributed by atoms with E-state index < -0.39 is 167 Å². The second kappa shape index (κ2) is 25.7. The maximum absolute atomic E-state index is 11.3. The van der Waals surface area contributed by atoms with Crippen molar-refractivity contribution in [1.29, 1.82) is 0 Å². The Bertz CT molecular complexity index is 1640. The molecule has 0 aromatic rings. The molecule has 0 aliphatic carbocycles. The summed E-state index contributed by atoms with van der Waals surface area (Å²) in [4.78, 5) is 0. The molecule has 5 aliphatic heterocycles. The van der Waals surface area contributed by atoms with Crippen LogP contribution in [0, 0.1) is 0 Å². The standard InChI is InChI=1S/C44H74O24/c1-17(9-7-11-18(2)15-59-43-38(33(55)28(50)23(13-45)64-43)67-41-35(57)31(53)26(48)21(5)62-41)10-8-12-19(3)16-60-44-39(68-42-36(58)32(54)27(49)22(6)63-42)37(29(51)24(14-46)65-44)66-40-34(56)30(52)25(47)20(4)61-40/h10-11,16,20-58H,7-9,12-15H2,1-6H3. The lowest BCUT2D eigenvalue weighted by Crippen LogP contribution is -2.66. The first kappa shape index (κ1) is 57.0. The topological polar surface area (TPSA) is 376 Å². The van der Waals surface area contributed by atoms with Gasteiger partial charge in [-0.3, -0.25) is 0 Å². The molecule has 0 aromatic carbocycles. The van der Waals surface area contributed by atoms with E-state index in [0.717, 1.165) is 11.1 Å². The molecule has 25 unspecified atom stereocenters. The number of aliphatic hydroxyl groups is 14. The van der Waals surface area contributed by atoms with Crippen LogP contribution in [0.3, 0.4) is 0 Å². The summed E-state index contributed by atoms with van der Waals surface area (Å²) in [5.41, 5.74) is 2.54. The average molecular weight is 987 g/mol. The summed E-state index contributed by atoms with van der Waals surface area (Å²) in [5.74, 6) is 0. The summed E-state index contributed by atoms with van der Waals surface area (Å²) < 4.78 is 58.0. The number of rotatable bonds is 19. The van der Waals surface area contributed by atoms with Crippen LogP contribution in [-0.4, -0.2) is 245 Å². The number of aliphatic hydroxyl groups excluding tert-OH is 14. The summed E-state index contributed by atoms with van der Waals surface area (Å²) in [5, 5.41) is 146. The maximum Gasteiger partial charge on any atom is 0.228 e. The van der Waals surface area contributed by atoms with Crippen LogP contribution in [0.1, 0.15) is 67.2 Å². The van der Waals surface area contributed by atoms with E-state index in [9.17, 15) is 71.5 Å². The Morgan fingerprint density at radius 1 is 0.412 bits per heavy atom. The van der Waals surface area contributed by atoms with Crippen molar-refractivity contribution in [2.75, 3.05) is 19.8 Å². The molecule has 0 saturated carbocycles. The van der Waals surface area contributed by atoms with Gasteiger partial charge in [0.2, 0.25) is 6.29 Å². The van der Waals surface area contributed by atoms with Crippen molar-refractivity contribution < 1.29 is 119 Å². The SMILES string of the molecule is CC(=CCCC(C)=COC1OC(CO)C(O)C(OC2OC(C)C(O)C(O)C2O)C1OC1OC(C)C(O)C(O)C1O)CCC=C(C)COC1OC(CO)C(O)C(O)C1OC1OC(C)C(O)C(O)C1O. The van der Waals surface area contributed by atoms with Crippen LogP contribution < -0.4 is 0 Å². The monoisotopic (exact) mass is 986 g/mol. The van der Waals surface area contributed by atoms with Crippen molar-refractivity contribution in [1.82, 2.24) is 0 Å². The van der Waals surface area contributed by atoms with Crippen LogP contribution in [-0.2, 0) is 47.4 Å². The quantitative estimate of drug-likeness (QED) is 0.0429. The molecule has 5 rings (SSSR count). The first-order chi connectivity index (χ1) is 32.1. The van der Waals surface area contributed by atoms with Gasteiger partial charge in [-0.05, 0) is 72.8 Å². The first-order valence-electron chi connectivity index (χ1n) is 23.0. The van der Waals surface area contributed by atoms with E-state index in [0.29, 0.717) is 31.3 Å². The minimum absolute atomic E-state index is 0.00715. The van der Waals surface area contributed by atoms with Crippen molar-refractivity contribution in [3.8, 4) is 0 Å². The lowest BCUT2D eigenvalue weighted by molar-refractivity contribution is -0.385. The van der Waals surface area contributed by atoms with Crippen LogP contribution in [0.5, 0.6) is 0 Å². The van der Waals surface area contributed by atoms with Gasteiger partial charge in [0.15, 0.2) is 31.3 Å². The third kappa shape index (κ3) is 13.8. The van der Waals surface area contributed by atoms with Crippen molar-refractivity contribution in [2.45, 2.75) is 221 Å². The summed E-state index contributed by atoms with van der Waals surface area (Å²) in [6.07, 6.45) is -29.5. The molecule has 0 spiro atoms. The molecule has 394 valence electrons. The predicted molar refractivity (Wildman–Crippen MR) is 228 cm³/mol. The van der Waals surface area contributed by atoms with Crippen molar-refractivity contribution in [3.05, 3.63) is 35.1 Å². The lowest BCUT2D eigenvalue weighted by atomic mass is 9.96. The minimum Gasteiger partial charge on any atom is -0.470 e. The van der Waals surface area contributed by atoms with Gasteiger partial charge in [-0.25, -0.2) is 0 Å². The molecule has 24 nitrogen and oxygen atoms in total. The van der Waals surface area contributed by atoms with Crippen LogP contribution in [0.15, 0.2) is 35.1 Å². The predicted octanol–water partition coefficient (Wildman–Crippen LogP) is -4.47. The van der Waals surface area contributed by atoms with Crippen LogP contribution in [0.25, 0.3) is 0 Å². The molecule has 0 bridgehead atoms. The van der Waals surface area contributed by atoms with E-state index in [1.54, 1.807) is 13.8 Å². The van der Waals surface area contributed by atoms with Gasteiger partial charge in [-0.1, -0.05) is 23.3 Å². The van der Waals surface area contributed by atoms with Crippen LogP contribution in [0.4, 0.5) is 0 Å². The molecule has 0 aromatic heterocycles. The summed E-state index contributed by atoms with van der Waals surface area (Å²) >= 11 is 0. The zero-order valence-corrected chi connectivity index (χ0v) is 39.0. The molecule has 5 heterocycles. The average Bonchev–Trinajstić information content (AvgIpc) is 3.31. The fourth-order valence-electron chi connectivity index (χ4n) is 8.34. The molecule has 24 heteroatoms. The molecule has 5 aliphatic rings. The highest BCUT2D eigenvalue weighted by atomic mass is 16.8. The minimum atomic E-state index is -1.80. The number of hydrogen-bond donors (Lipinski definition) is 14. The van der Waals surface area contributed by atoms with Gasteiger partial charge in [0.05, 0.1) is 44.4 Å². The van der Waals surface area contributed by atoms with E-state index in [1.165, 1.54) is 27.0 Å². The van der Waals surface area contributed by atoms with Crippen LogP contribution in [0.2, 0.25) is 0 Å². The molecule has 25 atom stereocenters. The zero-order valence-electron chi connectivity index (χ0n) is 39.0. The van der Waals surface area contributed by atoms with E-state index in [1.807, 2.05) is 19.1 Å². The number of allylic oxidation sites excluding steroid dienone is 4. The molecule has 0 radical (unpaired) electrons. The highest BCUT2D eigenvalue weighted by molar-refractivity contribution is 5.06. The number of hydrogen-bond acceptors (Lipinski definition) is 24. The van der Waals surface area contributed by atoms with Gasteiger partial charge in [-0.15, -0.1) is 0 Å². The Balaban J connectivity index is 1.18. The van der Waals surface area contributed by atoms with E-state index in [-0.39, 0.29) is 6.61 Å². The Labute approximate surface area is 394 Å². The van der Waals surface area contributed by atoms with E-state index in [4.69, 9.17) is 47.4 Å². The zero-order chi connectivity index (χ0) is 50.3. The Hall–Kier alpha value is -1.90. The molecular weight excluding hydrogens is 912 g/mol. The van der Waals surface area contributed by atoms with Crippen molar-refractivity contribution >= 4 is 0 Å². The molecule has 0 amide bonds. The summed E-state index contributed by atoms with van der Waals surface area (Å²) in [7, 11) is 0. The molecule has 68 heavy (non-hydrogen) atoms. The molecular formula is C44H74O24.